The highest BCUT2D eigenvalue weighted by atomic mass is 16.2. The van der Waals surface area contributed by atoms with Crippen LogP contribution in [0.1, 0.15) is 34.8 Å². The summed E-state index contributed by atoms with van der Waals surface area (Å²) in [7, 11) is 0. The second-order valence-corrected chi connectivity index (χ2v) is 7.84. The molecule has 0 unspecified atom stereocenters. The average Bonchev–Trinajstić information content (AvgIpc) is 3.33. The van der Waals surface area contributed by atoms with Crippen LogP contribution < -0.4 is 0 Å². The van der Waals surface area contributed by atoms with Crippen LogP contribution in [0.5, 0.6) is 0 Å². The van der Waals surface area contributed by atoms with E-state index >= 15 is 0 Å². The predicted molar refractivity (Wildman–Crippen MR) is 116 cm³/mol. The van der Waals surface area contributed by atoms with E-state index in [1.165, 1.54) is 5.56 Å². The largest absolute Gasteiger partial charge is 0.338 e. The zero-order valence-electron chi connectivity index (χ0n) is 16.9. The Morgan fingerprint density at radius 3 is 2.53 bits per heavy atom. The van der Waals surface area contributed by atoms with Crippen molar-refractivity contribution in [3.05, 3.63) is 78.4 Å². The maximum atomic E-state index is 13.5. The standard InChI is InChI=1S/C24H23N5O/c1-17-6-8-18(9-7-17)23-14-21(20-4-2-3-5-22(20)27-23)24(30)28-12-10-19(11-13-28)29-16-25-15-26-29/h2-9,14-16,19H,10-13H2,1H3. The van der Waals surface area contributed by atoms with Gasteiger partial charge < -0.3 is 4.90 Å². The van der Waals surface area contributed by atoms with Crippen LogP contribution in [0.4, 0.5) is 0 Å². The molecular weight excluding hydrogens is 374 g/mol. The second-order valence-electron chi connectivity index (χ2n) is 7.84. The van der Waals surface area contributed by atoms with Gasteiger partial charge in [-0.25, -0.2) is 14.6 Å². The molecule has 3 heterocycles. The molecule has 1 aliphatic heterocycles. The number of aryl methyl sites for hydroxylation is 1. The van der Waals surface area contributed by atoms with Gasteiger partial charge >= 0.3 is 0 Å². The summed E-state index contributed by atoms with van der Waals surface area (Å²) in [5, 5.41) is 5.15. The third-order valence-corrected chi connectivity index (χ3v) is 5.86. The number of hydrogen-bond donors (Lipinski definition) is 0. The molecule has 0 N–H and O–H groups in total. The van der Waals surface area contributed by atoms with E-state index in [1.54, 1.807) is 12.7 Å². The van der Waals surface area contributed by atoms with E-state index in [0.29, 0.717) is 19.1 Å². The van der Waals surface area contributed by atoms with Crippen LogP contribution in [-0.2, 0) is 0 Å². The lowest BCUT2D eigenvalue weighted by Gasteiger charge is -2.32. The number of amides is 1. The van der Waals surface area contributed by atoms with Gasteiger partial charge in [0.15, 0.2) is 0 Å². The van der Waals surface area contributed by atoms with Gasteiger partial charge in [0, 0.05) is 24.0 Å². The van der Waals surface area contributed by atoms with Crippen molar-refractivity contribution in [2.75, 3.05) is 13.1 Å². The lowest BCUT2D eigenvalue weighted by atomic mass is 10.0. The lowest BCUT2D eigenvalue weighted by Crippen LogP contribution is -2.39. The number of hydrogen-bond acceptors (Lipinski definition) is 4. The van der Waals surface area contributed by atoms with E-state index in [1.807, 2.05) is 39.9 Å². The van der Waals surface area contributed by atoms with Gasteiger partial charge in [-0.2, -0.15) is 5.10 Å². The Balaban J connectivity index is 1.47. The minimum atomic E-state index is 0.0685. The van der Waals surface area contributed by atoms with Crippen molar-refractivity contribution in [2.24, 2.45) is 0 Å². The fourth-order valence-electron chi connectivity index (χ4n) is 4.13. The summed E-state index contributed by atoms with van der Waals surface area (Å²) in [6.45, 7) is 3.48. The van der Waals surface area contributed by atoms with E-state index in [-0.39, 0.29) is 5.91 Å². The normalized spacial score (nSPS) is 14.9. The van der Waals surface area contributed by atoms with E-state index < -0.39 is 0 Å². The van der Waals surface area contributed by atoms with Crippen LogP contribution in [0.3, 0.4) is 0 Å². The van der Waals surface area contributed by atoms with E-state index in [4.69, 9.17) is 4.98 Å². The Morgan fingerprint density at radius 1 is 1.03 bits per heavy atom. The van der Waals surface area contributed by atoms with Crippen molar-refractivity contribution in [2.45, 2.75) is 25.8 Å². The number of benzene rings is 2. The Bertz CT molecular complexity index is 1180. The average molecular weight is 397 g/mol. The molecular formula is C24H23N5O. The first-order valence-electron chi connectivity index (χ1n) is 10.3. The molecule has 1 amide bonds. The molecule has 30 heavy (non-hydrogen) atoms. The minimum Gasteiger partial charge on any atom is -0.338 e. The van der Waals surface area contributed by atoms with Gasteiger partial charge in [-0.1, -0.05) is 48.0 Å². The van der Waals surface area contributed by atoms with Crippen molar-refractivity contribution in [3.8, 4) is 11.3 Å². The number of rotatable bonds is 3. The van der Waals surface area contributed by atoms with Gasteiger partial charge in [-0.3, -0.25) is 4.79 Å². The highest BCUT2D eigenvalue weighted by Crippen LogP contribution is 2.28. The van der Waals surface area contributed by atoms with E-state index in [9.17, 15) is 4.79 Å². The molecule has 6 heteroatoms. The third-order valence-electron chi connectivity index (χ3n) is 5.86. The third kappa shape index (κ3) is 3.45. The van der Waals surface area contributed by atoms with Crippen molar-refractivity contribution in [3.63, 3.8) is 0 Å². The van der Waals surface area contributed by atoms with Crippen molar-refractivity contribution >= 4 is 16.8 Å². The number of nitrogens with zero attached hydrogens (tertiary/aromatic N) is 5. The Morgan fingerprint density at radius 2 is 1.80 bits per heavy atom. The molecule has 4 aromatic rings. The summed E-state index contributed by atoms with van der Waals surface area (Å²) < 4.78 is 1.90. The fraction of sp³-hybridized carbons (Fsp3) is 0.250. The number of fused-ring (bicyclic) bond motifs is 1. The SMILES string of the molecule is Cc1ccc(-c2cc(C(=O)N3CCC(n4cncn4)CC3)c3ccccc3n2)cc1. The maximum absolute atomic E-state index is 13.5. The molecule has 0 spiro atoms. The Hall–Kier alpha value is -3.54. The summed E-state index contributed by atoms with van der Waals surface area (Å²) in [4.78, 5) is 24.3. The molecule has 1 saturated heterocycles. The highest BCUT2D eigenvalue weighted by molar-refractivity contribution is 6.07. The number of pyridine rings is 1. The van der Waals surface area contributed by atoms with Crippen LogP contribution in [0.25, 0.3) is 22.2 Å². The molecule has 1 aliphatic rings. The zero-order valence-corrected chi connectivity index (χ0v) is 16.9. The molecule has 0 saturated carbocycles. The van der Waals surface area contributed by atoms with Gasteiger partial charge in [-0.05, 0) is 31.9 Å². The lowest BCUT2D eigenvalue weighted by molar-refractivity contribution is 0.0692. The molecule has 2 aromatic carbocycles. The van der Waals surface area contributed by atoms with Crippen LogP contribution >= 0.6 is 0 Å². The van der Waals surface area contributed by atoms with Gasteiger partial charge in [0.05, 0.1) is 22.8 Å². The highest BCUT2D eigenvalue weighted by Gasteiger charge is 2.26. The summed E-state index contributed by atoms with van der Waals surface area (Å²) in [6.07, 6.45) is 5.07. The van der Waals surface area contributed by atoms with Crippen LogP contribution in [0.2, 0.25) is 0 Å². The van der Waals surface area contributed by atoms with Gasteiger partial charge in [0.25, 0.3) is 5.91 Å². The molecule has 150 valence electrons. The van der Waals surface area contributed by atoms with Crippen molar-refractivity contribution in [1.82, 2.24) is 24.6 Å². The first kappa shape index (κ1) is 18.5. The maximum Gasteiger partial charge on any atom is 0.254 e. The summed E-state index contributed by atoms with van der Waals surface area (Å²) >= 11 is 0. The molecule has 1 fully saturated rings. The van der Waals surface area contributed by atoms with Crippen LogP contribution in [-0.4, -0.2) is 43.6 Å². The molecule has 6 nitrogen and oxygen atoms in total. The zero-order chi connectivity index (χ0) is 20.5. The molecule has 0 radical (unpaired) electrons. The van der Waals surface area contributed by atoms with Gasteiger partial charge in [0.2, 0.25) is 0 Å². The van der Waals surface area contributed by atoms with Crippen molar-refractivity contribution in [1.29, 1.82) is 0 Å². The molecule has 0 aliphatic carbocycles. The summed E-state index contributed by atoms with van der Waals surface area (Å²) in [5.74, 6) is 0.0685. The number of carbonyl (C=O) groups excluding carboxylic acids is 1. The number of para-hydroxylation sites is 1. The van der Waals surface area contributed by atoms with Crippen LogP contribution in [0.15, 0.2) is 67.3 Å². The Kier molecular flexibility index (Phi) is 4.75. The van der Waals surface area contributed by atoms with E-state index in [2.05, 4.69) is 41.3 Å². The fourth-order valence-corrected chi connectivity index (χ4v) is 4.13. The number of piperidine rings is 1. The molecule has 5 rings (SSSR count). The predicted octanol–water partition coefficient (Wildman–Crippen LogP) is 4.28. The van der Waals surface area contributed by atoms with Crippen molar-refractivity contribution < 1.29 is 4.79 Å². The molecule has 0 atom stereocenters. The van der Waals surface area contributed by atoms with Crippen LogP contribution in [0, 0.1) is 6.92 Å². The monoisotopic (exact) mass is 397 g/mol. The quantitative estimate of drug-likeness (QED) is 0.518. The topological polar surface area (TPSA) is 63.9 Å². The second kappa shape index (κ2) is 7.71. The van der Waals surface area contributed by atoms with E-state index in [0.717, 1.165) is 40.6 Å². The Labute approximate surface area is 175 Å². The molecule has 0 bridgehead atoms. The first-order chi connectivity index (χ1) is 14.7. The smallest absolute Gasteiger partial charge is 0.254 e. The first-order valence-corrected chi connectivity index (χ1v) is 10.3. The number of carbonyl (C=O) groups is 1. The van der Waals surface area contributed by atoms with Gasteiger partial charge in [-0.15, -0.1) is 0 Å². The molecule has 2 aromatic heterocycles. The van der Waals surface area contributed by atoms with Gasteiger partial charge in [0.1, 0.15) is 12.7 Å². The number of aromatic nitrogens is 4. The minimum absolute atomic E-state index is 0.0685. The summed E-state index contributed by atoms with van der Waals surface area (Å²) in [5.41, 5.74) is 4.61. The number of likely N-dealkylation sites (tertiary alicyclic amines) is 1. The summed E-state index contributed by atoms with van der Waals surface area (Å²) in [6, 6.07) is 18.4.